The molecule has 9 nitrogen and oxygen atoms in total. The molecule has 0 bridgehead atoms. The molecule has 2 unspecified atom stereocenters. The van der Waals surface area contributed by atoms with Crippen molar-refractivity contribution >= 4 is 6.03 Å². The lowest BCUT2D eigenvalue weighted by Gasteiger charge is -2.12. The molecule has 9 heteroatoms. The van der Waals surface area contributed by atoms with E-state index in [0.717, 1.165) is 44.8 Å². The van der Waals surface area contributed by atoms with Gasteiger partial charge >= 0.3 is 6.03 Å². The molecular weight excluding hydrogens is 450 g/mol. The van der Waals surface area contributed by atoms with Gasteiger partial charge in [0, 0.05) is 39.5 Å². The zero-order chi connectivity index (χ0) is 25.8. The van der Waals surface area contributed by atoms with Crippen molar-refractivity contribution in [3.8, 4) is 0 Å². The number of nitrogens with two attached hydrogens (primary N) is 1. The van der Waals surface area contributed by atoms with Crippen LogP contribution in [0.5, 0.6) is 0 Å². The van der Waals surface area contributed by atoms with Crippen LogP contribution in [0.25, 0.3) is 0 Å². The minimum atomic E-state index is -0.174. The van der Waals surface area contributed by atoms with Gasteiger partial charge in [-0.1, -0.05) is 33.6 Å². The maximum Gasteiger partial charge on any atom is 0.314 e. The van der Waals surface area contributed by atoms with Gasteiger partial charge < -0.3 is 40.1 Å². The van der Waals surface area contributed by atoms with Gasteiger partial charge in [-0.15, -0.1) is 0 Å². The molecule has 0 aliphatic carbocycles. The molecule has 0 saturated carbocycles. The van der Waals surface area contributed by atoms with Gasteiger partial charge in [0.15, 0.2) is 0 Å². The van der Waals surface area contributed by atoms with E-state index >= 15 is 0 Å². The average molecular weight is 506 g/mol. The quantitative estimate of drug-likeness (QED) is 0.147. The first kappa shape index (κ1) is 34.0. The SMILES string of the molecule is CCCC(C)CCCOCCNC(=O)NCCOCCC(C)CCCOCCOCCOCCN. The first-order valence-electron chi connectivity index (χ1n) is 13.7. The molecule has 210 valence electrons. The van der Waals surface area contributed by atoms with Crippen LogP contribution in [0.15, 0.2) is 0 Å². The van der Waals surface area contributed by atoms with Crippen LogP contribution in [0.4, 0.5) is 4.79 Å². The lowest BCUT2D eigenvalue weighted by molar-refractivity contribution is 0.0147. The van der Waals surface area contributed by atoms with Crippen molar-refractivity contribution in [2.75, 3.05) is 85.7 Å². The van der Waals surface area contributed by atoms with Crippen LogP contribution in [-0.2, 0) is 23.7 Å². The Morgan fingerprint density at radius 1 is 0.629 bits per heavy atom. The van der Waals surface area contributed by atoms with Gasteiger partial charge in [0.1, 0.15) is 0 Å². The summed E-state index contributed by atoms with van der Waals surface area (Å²) in [4.78, 5) is 11.8. The predicted octanol–water partition coefficient (Wildman–Crippen LogP) is 3.35. The molecule has 0 aromatic carbocycles. The molecule has 0 aliphatic heterocycles. The van der Waals surface area contributed by atoms with Crippen molar-refractivity contribution in [3.63, 3.8) is 0 Å². The highest BCUT2D eigenvalue weighted by molar-refractivity contribution is 5.73. The summed E-state index contributed by atoms with van der Waals surface area (Å²) >= 11 is 0. The minimum absolute atomic E-state index is 0.174. The van der Waals surface area contributed by atoms with Crippen molar-refractivity contribution in [1.29, 1.82) is 0 Å². The standard InChI is InChI=1S/C26H55N3O6/c1-4-7-24(2)8-5-14-31-18-12-28-26(30)29-13-19-33-16-10-25(3)9-6-15-32-20-22-35-23-21-34-17-11-27/h24-25H,4-23,27H2,1-3H3,(H2,28,29,30). The van der Waals surface area contributed by atoms with E-state index in [-0.39, 0.29) is 6.03 Å². The third-order valence-electron chi connectivity index (χ3n) is 5.58. The van der Waals surface area contributed by atoms with Crippen LogP contribution in [0.1, 0.15) is 65.7 Å². The Morgan fingerprint density at radius 3 is 1.63 bits per heavy atom. The van der Waals surface area contributed by atoms with Gasteiger partial charge in [-0.25, -0.2) is 4.79 Å². The van der Waals surface area contributed by atoms with Gasteiger partial charge in [0.2, 0.25) is 0 Å². The largest absolute Gasteiger partial charge is 0.380 e. The van der Waals surface area contributed by atoms with Crippen molar-refractivity contribution in [2.24, 2.45) is 17.6 Å². The summed E-state index contributed by atoms with van der Waals surface area (Å²) in [6.07, 6.45) is 7.96. The topological polar surface area (TPSA) is 113 Å². The number of rotatable bonds is 27. The smallest absolute Gasteiger partial charge is 0.314 e. The summed E-state index contributed by atoms with van der Waals surface area (Å²) in [5, 5.41) is 5.61. The minimum Gasteiger partial charge on any atom is -0.380 e. The second kappa shape index (κ2) is 27.6. The van der Waals surface area contributed by atoms with E-state index in [0.29, 0.717) is 78.4 Å². The summed E-state index contributed by atoms with van der Waals surface area (Å²) in [6.45, 7) is 14.5. The number of urea groups is 1. The van der Waals surface area contributed by atoms with E-state index < -0.39 is 0 Å². The van der Waals surface area contributed by atoms with Crippen LogP contribution in [0, 0.1) is 11.8 Å². The normalized spacial score (nSPS) is 13.0. The first-order valence-corrected chi connectivity index (χ1v) is 13.7. The molecule has 0 rings (SSSR count). The number of hydrogen-bond donors (Lipinski definition) is 3. The highest BCUT2D eigenvalue weighted by Gasteiger charge is 2.04. The summed E-state index contributed by atoms with van der Waals surface area (Å²) in [7, 11) is 0. The molecule has 0 aromatic heterocycles. The lowest BCUT2D eigenvalue weighted by Crippen LogP contribution is -2.39. The fourth-order valence-electron chi connectivity index (χ4n) is 3.50. The maximum absolute atomic E-state index is 11.8. The van der Waals surface area contributed by atoms with Crippen LogP contribution in [0.3, 0.4) is 0 Å². The second-order valence-electron chi connectivity index (χ2n) is 9.11. The highest BCUT2D eigenvalue weighted by Crippen LogP contribution is 2.12. The molecule has 0 spiro atoms. The monoisotopic (exact) mass is 505 g/mol. The molecule has 2 amide bonds. The molecule has 4 N–H and O–H groups in total. The molecule has 0 fully saturated rings. The molecule has 2 atom stereocenters. The first-order chi connectivity index (χ1) is 17.1. The molecular formula is C26H55N3O6. The van der Waals surface area contributed by atoms with E-state index in [1.54, 1.807) is 0 Å². The van der Waals surface area contributed by atoms with Crippen molar-refractivity contribution in [3.05, 3.63) is 0 Å². The van der Waals surface area contributed by atoms with Gasteiger partial charge in [-0.05, 0) is 43.9 Å². The van der Waals surface area contributed by atoms with Crippen molar-refractivity contribution < 1.29 is 28.5 Å². The Balaban J connectivity index is 3.30. The van der Waals surface area contributed by atoms with Crippen LogP contribution >= 0.6 is 0 Å². The average Bonchev–Trinajstić information content (AvgIpc) is 2.84. The van der Waals surface area contributed by atoms with Crippen molar-refractivity contribution in [2.45, 2.75) is 65.7 Å². The van der Waals surface area contributed by atoms with E-state index in [4.69, 9.17) is 29.4 Å². The van der Waals surface area contributed by atoms with Crippen molar-refractivity contribution in [1.82, 2.24) is 10.6 Å². The second-order valence-corrected chi connectivity index (χ2v) is 9.11. The van der Waals surface area contributed by atoms with E-state index in [2.05, 4.69) is 31.4 Å². The fraction of sp³-hybridized carbons (Fsp3) is 0.962. The number of amides is 2. The Kier molecular flexibility index (Phi) is 26.8. The highest BCUT2D eigenvalue weighted by atomic mass is 16.5. The van der Waals surface area contributed by atoms with Gasteiger partial charge in [0.05, 0.1) is 46.2 Å². The van der Waals surface area contributed by atoms with Gasteiger partial charge in [-0.3, -0.25) is 0 Å². The molecule has 0 saturated heterocycles. The summed E-state index contributed by atoms with van der Waals surface area (Å²) in [6, 6.07) is -0.174. The Labute approximate surface area is 214 Å². The molecule has 0 radical (unpaired) electrons. The predicted molar refractivity (Wildman–Crippen MR) is 141 cm³/mol. The molecule has 35 heavy (non-hydrogen) atoms. The number of carbonyl (C=O) groups excluding carboxylic acids is 1. The van der Waals surface area contributed by atoms with Crippen LogP contribution in [-0.4, -0.2) is 91.7 Å². The van der Waals surface area contributed by atoms with Gasteiger partial charge in [-0.2, -0.15) is 0 Å². The number of carbonyl (C=O) groups is 1. The Bertz CT molecular complexity index is 445. The third kappa shape index (κ3) is 27.5. The fourth-order valence-corrected chi connectivity index (χ4v) is 3.50. The zero-order valence-electron chi connectivity index (χ0n) is 22.8. The number of ether oxygens (including phenoxy) is 5. The molecule has 0 aliphatic rings. The maximum atomic E-state index is 11.8. The summed E-state index contributed by atoms with van der Waals surface area (Å²) < 4.78 is 27.4. The van der Waals surface area contributed by atoms with E-state index in [1.165, 1.54) is 19.3 Å². The van der Waals surface area contributed by atoms with Crippen LogP contribution in [0.2, 0.25) is 0 Å². The zero-order valence-corrected chi connectivity index (χ0v) is 22.8. The Hall–Kier alpha value is -0.970. The number of hydrogen-bond acceptors (Lipinski definition) is 7. The third-order valence-corrected chi connectivity index (χ3v) is 5.58. The Morgan fingerprint density at radius 2 is 1.09 bits per heavy atom. The molecule has 0 heterocycles. The lowest BCUT2D eigenvalue weighted by atomic mass is 10.0. The molecule has 0 aromatic rings. The van der Waals surface area contributed by atoms with Crippen LogP contribution < -0.4 is 16.4 Å². The van der Waals surface area contributed by atoms with Gasteiger partial charge in [0.25, 0.3) is 0 Å². The van der Waals surface area contributed by atoms with E-state index in [9.17, 15) is 4.79 Å². The number of nitrogens with one attached hydrogen (secondary N) is 2. The summed E-state index contributed by atoms with van der Waals surface area (Å²) in [5.74, 6) is 1.35. The van der Waals surface area contributed by atoms with E-state index in [1.807, 2.05) is 0 Å². The summed E-state index contributed by atoms with van der Waals surface area (Å²) in [5.41, 5.74) is 5.34.